The first-order valence-electron chi connectivity index (χ1n) is 46.4. The molecule has 12 aromatic rings. The number of ether oxygens (including phenoxy) is 3. The fourth-order valence-electron chi connectivity index (χ4n) is 15.2. The Kier molecular flexibility index (Phi) is 38.5. The zero-order valence-corrected chi connectivity index (χ0v) is 82.3. The van der Waals surface area contributed by atoms with Crippen LogP contribution in [-0.2, 0) is 31.1 Å². The highest BCUT2D eigenvalue weighted by Gasteiger charge is 2.40. The second kappa shape index (κ2) is 51.1. The van der Waals surface area contributed by atoms with E-state index in [2.05, 4.69) is 150 Å². The van der Waals surface area contributed by atoms with Gasteiger partial charge in [-0.1, -0.05) is 95.8 Å². The summed E-state index contributed by atoms with van der Waals surface area (Å²) in [5.74, 6) is 0.684. The molecule has 0 radical (unpaired) electrons. The second-order valence-corrected chi connectivity index (χ2v) is 33.1. The number of pyridine rings is 5. The van der Waals surface area contributed by atoms with Gasteiger partial charge in [0.05, 0.1) is 121 Å². The molecule has 44 heteroatoms. The van der Waals surface area contributed by atoms with Crippen molar-refractivity contribution in [1.29, 1.82) is 0 Å². The van der Waals surface area contributed by atoms with Gasteiger partial charge in [0.1, 0.15) is 52.1 Å². The summed E-state index contributed by atoms with van der Waals surface area (Å²) >= 11 is 0. The first-order valence-corrected chi connectivity index (χ1v) is 46.4. The maximum atomic E-state index is 13.8. The Balaban J connectivity index is 0.000000188. The van der Waals surface area contributed by atoms with Crippen LogP contribution in [-0.4, -0.2) is 189 Å². The first kappa shape index (κ1) is 112. The molecule has 14 N–H and O–H groups in total. The molecule has 32 nitrogen and oxygen atoms in total. The lowest BCUT2D eigenvalue weighted by Crippen LogP contribution is -2.34. The minimum absolute atomic E-state index is 0.0850. The van der Waals surface area contributed by atoms with Gasteiger partial charge in [-0.2, -0.15) is 52.7 Å². The third-order valence-electron chi connectivity index (χ3n) is 23.1. The van der Waals surface area contributed by atoms with E-state index in [4.69, 9.17) is 14.2 Å². The molecule has 0 spiro atoms. The van der Waals surface area contributed by atoms with Crippen LogP contribution in [0.4, 0.5) is 144 Å². The molecule has 0 bridgehead atoms. The molecule has 5 aromatic heterocycles. The zero-order chi connectivity index (χ0) is 107. The zero-order valence-electron chi connectivity index (χ0n) is 82.3. The molecule has 2 aliphatic rings. The third-order valence-corrected chi connectivity index (χ3v) is 23.1. The van der Waals surface area contributed by atoms with Crippen molar-refractivity contribution in [1.82, 2.24) is 71.5 Å². The summed E-state index contributed by atoms with van der Waals surface area (Å²) in [6.45, 7) is 21.5. The summed E-state index contributed by atoms with van der Waals surface area (Å²) < 4.78 is 181. The lowest BCUT2D eigenvalue weighted by molar-refractivity contribution is -0.138. The van der Waals surface area contributed by atoms with Crippen molar-refractivity contribution in [3.05, 3.63) is 298 Å². The Morgan fingerprint density at radius 2 is 0.730 bits per heavy atom. The van der Waals surface area contributed by atoms with Crippen LogP contribution >= 0.6 is 0 Å². The number of carbonyl (C=O) groups excluding carboxylic acids is 7. The molecule has 7 heterocycles. The topological polar surface area (TPSA) is 390 Å². The predicted molar refractivity (Wildman–Crippen MR) is 543 cm³/mol. The van der Waals surface area contributed by atoms with Gasteiger partial charge in [0.2, 0.25) is 0 Å². The highest BCUT2D eigenvalue weighted by molar-refractivity contribution is 6.04. The van der Waals surface area contributed by atoms with Gasteiger partial charge in [-0.25, -0.2) is 24.9 Å². The number of fused-ring (bicyclic) bond motifs is 1. The fraction of sp³-hybridized carbons (Fsp3) is 0.269. The molecule has 14 rings (SSSR count). The maximum absolute atomic E-state index is 13.8. The number of benzene rings is 7. The van der Waals surface area contributed by atoms with Crippen molar-refractivity contribution in [3.63, 3.8) is 0 Å². The predicted octanol–water partition coefficient (Wildman–Crippen LogP) is 20.3. The van der Waals surface area contributed by atoms with Crippen LogP contribution in [0.1, 0.15) is 141 Å². The van der Waals surface area contributed by atoms with Crippen LogP contribution < -0.4 is 88.6 Å². The van der Waals surface area contributed by atoms with E-state index in [0.717, 1.165) is 57.4 Å². The number of allylic oxidation sites excluding steroid dienone is 1. The Morgan fingerprint density at radius 1 is 0.385 bits per heavy atom. The molecule has 7 amide bonds. The van der Waals surface area contributed by atoms with Gasteiger partial charge < -0.3 is 103 Å². The molecule has 0 unspecified atom stereocenters. The lowest BCUT2D eigenvalue weighted by Gasteiger charge is -2.19. The number of methoxy groups -OCH3 is 2. The third kappa shape index (κ3) is 30.2. The minimum atomic E-state index is -4.70. The number of para-hydroxylation sites is 4. The van der Waals surface area contributed by atoms with E-state index in [1.165, 1.54) is 134 Å². The molecule has 1 saturated heterocycles. The number of hydrogen-bond donors (Lipinski definition) is 14. The summed E-state index contributed by atoms with van der Waals surface area (Å²) in [7, 11) is 8.62. The maximum Gasteiger partial charge on any atom is 0.419 e. The van der Waals surface area contributed by atoms with Crippen molar-refractivity contribution in [2.75, 3.05) is 150 Å². The number of rotatable bonds is 35. The Labute approximate surface area is 844 Å². The van der Waals surface area contributed by atoms with Crippen molar-refractivity contribution in [3.8, 4) is 17.2 Å². The molecular weight excluding hydrogens is 1950 g/mol. The van der Waals surface area contributed by atoms with E-state index in [1.807, 2.05) is 6.07 Å². The Bertz CT molecular complexity index is 6710. The molecule has 780 valence electrons. The van der Waals surface area contributed by atoms with E-state index in [9.17, 15) is 86.2 Å². The largest absolute Gasteiger partial charge is 0.495 e. The molecule has 1 atom stereocenters. The van der Waals surface area contributed by atoms with Gasteiger partial charge >= 0.3 is 24.7 Å². The van der Waals surface area contributed by atoms with Crippen LogP contribution in [0, 0.1) is 5.92 Å². The molecular formula is C104H110F12N22O10. The number of nitrogens with zero attached hydrogens (tertiary/aromatic N) is 8. The van der Waals surface area contributed by atoms with Crippen LogP contribution in [0.5, 0.6) is 17.2 Å². The Hall–Kier alpha value is -16.8. The van der Waals surface area contributed by atoms with Gasteiger partial charge in [0.15, 0.2) is 0 Å². The minimum Gasteiger partial charge on any atom is -0.495 e. The van der Waals surface area contributed by atoms with Gasteiger partial charge in [0, 0.05) is 158 Å². The van der Waals surface area contributed by atoms with Crippen LogP contribution in [0.15, 0.2) is 231 Å². The SMILES string of the molecule is C=C1Cc2ccc(Nc3cc(Nc4ccccc4C(=O)NC)c(C(F)(F)F)cn3)cc2O1.CCN(CC)CCNC(=O)c1ccc(Nc2cc(Nc3ccccc3C(=O)NC)c(C(F)(F)F)cn2)c(OC)c1.CCN(CC)CCNC(=O)c1ccc(Nc2cc(Nc3ccccc3C(=O)NC)c(C(F)(F)F)cn2)nc1.CNC(=O)c1ccccc1Nc1cc(Nc2ccc(C(=O)N3CC[C@H](C)C3)cc2OC)ncc1C(F)(F)F. The smallest absolute Gasteiger partial charge is 0.419 e. The van der Waals surface area contributed by atoms with Gasteiger partial charge in [-0.3, -0.25) is 33.6 Å². The standard InChI is InChI=1S/C28H33F3N6O3.C27H28F3N5O3.C26H30F3N7O2.C23H19F3N4O2/c1-5-37(6-2)14-13-33-26(38)18-11-12-22(24(15-18)40-4)36-25-16-23(20(17-34-25)28(29,30)31)35-21-10-8-7-9-19(21)27(39)32-3;1-16-10-11-35(15-16)26(37)17-8-9-21(23(12-17)38-3)34-24-13-22(19(14-32-24)27(28,29)30)33-20-7-5-4-6-18(20)25(36)31-2;1-4-36(5-2)13-12-31-24(37)17-10-11-22(32-15-17)35-23-14-21(19(16-33-23)26(27,28)29)34-20-9-7-6-8-18(20)25(38)30-3;1-13-9-14-7-8-15(10-20(14)32-13)29-21-11-19(17(12-28-21)23(24,25)26)30-18-6-4-3-5-16(18)22(31)27-2/h7-12,15-17H,5-6,13-14H2,1-4H3,(H,32,39)(H,33,38)(H2,34,35,36);4-9,12-14,16H,10-11,15H2,1-3H3,(H,31,36)(H2,32,33,34);6-11,14-16H,4-5,12-13H2,1-3H3,(H,30,38)(H,31,37)(H2,32,33,34,35);3-8,10-12H,1,9H2,2H3,(H,27,31)(H2,28,29,30)/t;16-;;/m.0../s1. The Morgan fingerprint density at radius 3 is 1.07 bits per heavy atom. The summed E-state index contributed by atoms with van der Waals surface area (Å²) in [5, 5.41) is 38.3. The average Bonchev–Trinajstić information content (AvgIpc) is 0.891. The van der Waals surface area contributed by atoms with E-state index in [-0.39, 0.29) is 115 Å². The number of amides is 7. The summed E-state index contributed by atoms with van der Waals surface area (Å²) in [6.07, 6.45) is -12.9. The van der Waals surface area contributed by atoms with Crippen LogP contribution in [0.3, 0.4) is 0 Å². The van der Waals surface area contributed by atoms with Gasteiger partial charge in [-0.15, -0.1) is 0 Å². The highest BCUT2D eigenvalue weighted by atomic mass is 19.4. The number of anilines is 16. The molecule has 148 heavy (non-hydrogen) atoms. The first-order chi connectivity index (χ1) is 70.6. The fourth-order valence-corrected chi connectivity index (χ4v) is 15.2. The lowest BCUT2D eigenvalue weighted by atomic mass is 10.1. The summed E-state index contributed by atoms with van der Waals surface area (Å²) in [5.41, 5.74) is 0.0665. The molecule has 1 fully saturated rings. The highest BCUT2D eigenvalue weighted by Crippen LogP contribution is 2.45. The number of nitrogens with one attached hydrogen (secondary N) is 14. The van der Waals surface area contributed by atoms with Crippen LogP contribution in [0.2, 0.25) is 0 Å². The number of carbonyl (C=O) groups is 7. The number of halogens is 12. The average molecular weight is 2060 g/mol. The number of likely N-dealkylation sites (N-methyl/N-ethyl adjacent to an activating group) is 2. The second-order valence-electron chi connectivity index (χ2n) is 33.1. The van der Waals surface area contributed by atoms with E-state index < -0.39 is 70.6 Å². The van der Waals surface area contributed by atoms with E-state index in [0.29, 0.717) is 114 Å². The normalized spacial score (nSPS) is 12.6. The number of likely N-dealkylation sites (tertiary alicyclic amines) is 1. The molecule has 2 aliphatic heterocycles. The van der Waals surface area contributed by atoms with Gasteiger partial charge in [0.25, 0.3) is 41.4 Å². The van der Waals surface area contributed by atoms with Crippen molar-refractivity contribution >= 4 is 133 Å². The monoisotopic (exact) mass is 2050 g/mol. The van der Waals surface area contributed by atoms with Crippen molar-refractivity contribution in [2.24, 2.45) is 5.92 Å². The van der Waals surface area contributed by atoms with E-state index >= 15 is 0 Å². The number of hydrogen-bond acceptors (Lipinski definition) is 25. The van der Waals surface area contributed by atoms with E-state index in [1.54, 1.807) is 102 Å². The van der Waals surface area contributed by atoms with Crippen molar-refractivity contribution < 1.29 is 100 Å². The van der Waals surface area contributed by atoms with Gasteiger partial charge in [-0.05, 0) is 142 Å². The molecule has 0 aliphatic carbocycles. The molecule has 7 aromatic carbocycles. The number of alkyl halides is 12. The van der Waals surface area contributed by atoms with Crippen LogP contribution in [0.25, 0.3) is 0 Å². The van der Waals surface area contributed by atoms with Crippen molar-refractivity contribution in [2.45, 2.75) is 72.2 Å². The molecule has 0 saturated carbocycles. The number of aromatic nitrogens is 5. The summed E-state index contributed by atoms with van der Waals surface area (Å²) in [6, 6.07) is 47.9. The summed E-state index contributed by atoms with van der Waals surface area (Å²) in [4.78, 5) is 113. The quantitative estimate of drug-likeness (QED) is 0.0164.